The van der Waals surface area contributed by atoms with Gasteiger partial charge in [0.15, 0.2) is 0 Å². The minimum Gasteiger partial charge on any atom is -0.370 e. The average molecular weight is 182 g/mol. The molecule has 1 heterocycles. The molecule has 1 aliphatic rings. The molecule has 13 heavy (non-hydrogen) atoms. The predicted octanol–water partition coefficient (Wildman–Crippen LogP) is 3.69. The van der Waals surface area contributed by atoms with Crippen LogP contribution in [0.15, 0.2) is 12.2 Å². The summed E-state index contributed by atoms with van der Waals surface area (Å²) in [5, 5.41) is 0. The smallest absolute Gasteiger partial charge is 0.0842 e. The topological polar surface area (TPSA) is 12.5 Å². The second-order valence-corrected chi connectivity index (χ2v) is 3.86. The van der Waals surface area contributed by atoms with Crippen LogP contribution in [0.25, 0.3) is 0 Å². The van der Waals surface area contributed by atoms with Crippen LogP contribution >= 0.6 is 0 Å². The van der Waals surface area contributed by atoms with Gasteiger partial charge in [-0.05, 0) is 32.6 Å². The molecule has 0 spiro atoms. The Balaban J connectivity index is 1.89. The molecule has 1 rings (SSSR count). The molecule has 0 aliphatic carbocycles. The molecule has 0 N–H and O–H groups in total. The number of rotatable bonds is 7. The quantitative estimate of drug-likeness (QED) is 0.332. The van der Waals surface area contributed by atoms with E-state index in [-0.39, 0.29) is 0 Å². The van der Waals surface area contributed by atoms with E-state index in [9.17, 15) is 0 Å². The van der Waals surface area contributed by atoms with Crippen molar-refractivity contribution in [1.82, 2.24) is 0 Å². The van der Waals surface area contributed by atoms with Crippen molar-refractivity contribution in [2.75, 3.05) is 0 Å². The molecule has 1 heteroatoms. The number of allylic oxidation sites excluding steroid dienone is 2. The molecule has 0 bridgehead atoms. The van der Waals surface area contributed by atoms with E-state index in [1.54, 1.807) is 0 Å². The number of unbranched alkanes of at least 4 members (excludes halogenated alkanes) is 2. The van der Waals surface area contributed by atoms with Crippen molar-refractivity contribution in [3.05, 3.63) is 12.2 Å². The van der Waals surface area contributed by atoms with Gasteiger partial charge in [0.25, 0.3) is 0 Å². The molecule has 0 aromatic rings. The van der Waals surface area contributed by atoms with E-state index in [1.807, 2.05) is 0 Å². The van der Waals surface area contributed by atoms with Crippen molar-refractivity contribution in [2.24, 2.45) is 0 Å². The van der Waals surface area contributed by atoms with Crippen LogP contribution in [-0.4, -0.2) is 12.2 Å². The highest BCUT2D eigenvalue weighted by Crippen LogP contribution is 2.31. The SMILES string of the molecule is C/C=C/CCCC1OC1CCCC. The monoisotopic (exact) mass is 182 g/mol. The molecule has 0 aromatic carbocycles. The van der Waals surface area contributed by atoms with E-state index in [1.165, 1.54) is 38.5 Å². The summed E-state index contributed by atoms with van der Waals surface area (Å²) >= 11 is 0. The van der Waals surface area contributed by atoms with E-state index in [0.717, 1.165) is 0 Å². The van der Waals surface area contributed by atoms with Gasteiger partial charge in [-0.15, -0.1) is 0 Å². The maximum atomic E-state index is 5.58. The summed E-state index contributed by atoms with van der Waals surface area (Å²) in [6, 6.07) is 0. The molecule has 1 fully saturated rings. The van der Waals surface area contributed by atoms with Gasteiger partial charge in [0, 0.05) is 0 Å². The maximum absolute atomic E-state index is 5.58. The summed E-state index contributed by atoms with van der Waals surface area (Å²) < 4.78 is 5.58. The first-order chi connectivity index (χ1) is 6.38. The molecule has 2 unspecified atom stereocenters. The molecule has 0 radical (unpaired) electrons. The maximum Gasteiger partial charge on any atom is 0.0842 e. The Labute approximate surface area is 82.2 Å². The molecule has 0 amide bonds. The number of hydrogen-bond donors (Lipinski definition) is 0. The van der Waals surface area contributed by atoms with Gasteiger partial charge in [0.1, 0.15) is 0 Å². The van der Waals surface area contributed by atoms with Crippen molar-refractivity contribution < 1.29 is 4.74 Å². The van der Waals surface area contributed by atoms with E-state index in [0.29, 0.717) is 12.2 Å². The summed E-state index contributed by atoms with van der Waals surface area (Å²) in [6.07, 6.45) is 13.3. The van der Waals surface area contributed by atoms with Crippen LogP contribution < -0.4 is 0 Å². The normalized spacial score (nSPS) is 26.9. The van der Waals surface area contributed by atoms with Crippen molar-refractivity contribution in [3.63, 3.8) is 0 Å². The fourth-order valence-corrected chi connectivity index (χ4v) is 1.70. The summed E-state index contributed by atoms with van der Waals surface area (Å²) in [5.41, 5.74) is 0. The molecule has 1 aliphatic heterocycles. The van der Waals surface area contributed by atoms with E-state index >= 15 is 0 Å². The lowest BCUT2D eigenvalue weighted by Crippen LogP contribution is -1.93. The lowest BCUT2D eigenvalue weighted by Gasteiger charge is -1.93. The summed E-state index contributed by atoms with van der Waals surface area (Å²) in [6.45, 7) is 4.32. The Kier molecular flexibility index (Phi) is 5.14. The first-order valence-corrected chi connectivity index (χ1v) is 5.65. The lowest BCUT2D eigenvalue weighted by molar-refractivity contribution is 0.351. The second-order valence-electron chi connectivity index (χ2n) is 3.86. The summed E-state index contributed by atoms with van der Waals surface area (Å²) in [5.74, 6) is 0. The van der Waals surface area contributed by atoms with Crippen LogP contribution in [0.5, 0.6) is 0 Å². The Morgan fingerprint density at radius 1 is 1.15 bits per heavy atom. The largest absolute Gasteiger partial charge is 0.370 e. The van der Waals surface area contributed by atoms with Crippen LogP contribution in [0, 0.1) is 0 Å². The molecule has 0 saturated carbocycles. The van der Waals surface area contributed by atoms with Gasteiger partial charge in [-0.2, -0.15) is 0 Å². The third kappa shape index (κ3) is 4.47. The third-order valence-electron chi connectivity index (χ3n) is 2.62. The number of ether oxygens (including phenoxy) is 1. The van der Waals surface area contributed by atoms with Crippen LogP contribution in [0.2, 0.25) is 0 Å². The highest BCUT2D eigenvalue weighted by atomic mass is 16.6. The third-order valence-corrected chi connectivity index (χ3v) is 2.62. The zero-order valence-electron chi connectivity index (χ0n) is 8.96. The highest BCUT2D eigenvalue weighted by molar-refractivity contribution is 4.85. The minimum absolute atomic E-state index is 0.608. The van der Waals surface area contributed by atoms with Gasteiger partial charge in [-0.1, -0.05) is 31.9 Å². The van der Waals surface area contributed by atoms with Gasteiger partial charge < -0.3 is 4.74 Å². The Hall–Kier alpha value is -0.300. The van der Waals surface area contributed by atoms with E-state index < -0.39 is 0 Å². The van der Waals surface area contributed by atoms with Gasteiger partial charge >= 0.3 is 0 Å². The van der Waals surface area contributed by atoms with Crippen LogP contribution in [-0.2, 0) is 4.74 Å². The molecule has 1 saturated heterocycles. The zero-order chi connectivity index (χ0) is 9.52. The fraction of sp³-hybridized carbons (Fsp3) is 0.833. The predicted molar refractivity (Wildman–Crippen MR) is 56.9 cm³/mol. The van der Waals surface area contributed by atoms with Crippen LogP contribution in [0.1, 0.15) is 52.4 Å². The highest BCUT2D eigenvalue weighted by Gasteiger charge is 2.36. The average Bonchev–Trinajstić information content (AvgIpc) is 2.88. The standard InChI is InChI=1S/C12H22O/c1-3-5-7-8-10-12-11(13-12)9-6-4-2/h3,5,11-12H,4,6-10H2,1-2H3/b5-3+. The Morgan fingerprint density at radius 3 is 2.46 bits per heavy atom. The van der Waals surface area contributed by atoms with Gasteiger partial charge in [0.2, 0.25) is 0 Å². The number of hydrogen-bond acceptors (Lipinski definition) is 1. The fourth-order valence-electron chi connectivity index (χ4n) is 1.70. The molecule has 76 valence electrons. The van der Waals surface area contributed by atoms with Crippen molar-refractivity contribution in [1.29, 1.82) is 0 Å². The second kappa shape index (κ2) is 6.20. The summed E-state index contributed by atoms with van der Waals surface area (Å²) in [4.78, 5) is 0. The van der Waals surface area contributed by atoms with Crippen LogP contribution in [0.3, 0.4) is 0 Å². The molecule has 1 nitrogen and oxygen atoms in total. The first kappa shape index (κ1) is 10.8. The van der Waals surface area contributed by atoms with Gasteiger partial charge in [-0.25, -0.2) is 0 Å². The van der Waals surface area contributed by atoms with Gasteiger partial charge in [0.05, 0.1) is 12.2 Å². The van der Waals surface area contributed by atoms with Crippen molar-refractivity contribution >= 4 is 0 Å². The molecular weight excluding hydrogens is 160 g/mol. The van der Waals surface area contributed by atoms with Crippen molar-refractivity contribution in [3.8, 4) is 0 Å². The zero-order valence-corrected chi connectivity index (χ0v) is 8.96. The van der Waals surface area contributed by atoms with Crippen molar-refractivity contribution in [2.45, 2.75) is 64.6 Å². The molecule has 0 aromatic heterocycles. The Bertz CT molecular complexity index is 151. The van der Waals surface area contributed by atoms with E-state index in [4.69, 9.17) is 4.74 Å². The summed E-state index contributed by atoms with van der Waals surface area (Å²) in [7, 11) is 0. The minimum atomic E-state index is 0.608. The van der Waals surface area contributed by atoms with Gasteiger partial charge in [-0.3, -0.25) is 0 Å². The Morgan fingerprint density at radius 2 is 1.85 bits per heavy atom. The lowest BCUT2D eigenvalue weighted by atomic mass is 10.1. The molecule has 2 atom stereocenters. The van der Waals surface area contributed by atoms with Crippen LogP contribution in [0.4, 0.5) is 0 Å². The van der Waals surface area contributed by atoms with E-state index in [2.05, 4.69) is 26.0 Å². The first-order valence-electron chi connectivity index (χ1n) is 5.65. The molecular formula is C12H22O. The number of epoxide rings is 1.